The number of aryl methyl sites for hydroxylation is 2. The van der Waals surface area contributed by atoms with E-state index in [1.54, 1.807) is 6.92 Å². The van der Waals surface area contributed by atoms with Gasteiger partial charge in [0.2, 0.25) is 0 Å². The van der Waals surface area contributed by atoms with Crippen molar-refractivity contribution >= 4 is 0 Å². The Kier molecular flexibility index (Phi) is 2.07. The van der Waals surface area contributed by atoms with Crippen LogP contribution in [-0.4, -0.2) is 14.5 Å². The van der Waals surface area contributed by atoms with Gasteiger partial charge in [0, 0.05) is 0 Å². The van der Waals surface area contributed by atoms with Crippen molar-refractivity contribution in [2.45, 2.75) is 13.8 Å². The molecule has 5 nitrogen and oxygen atoms in total. The molecule has 0 saturated carbocycles. The van der Waals surface area contributed by atoms with Gasteiger partial charge in [0.1, 0.15) is 0 Å². The van der Waals surface area contributed by atoms with Gasteiger partial charge in [0.25, 0.3) is 0 Å². The van der Waals surface area contributed by atoms with E-state index in [-0.39, 0.29) is 5.69 Å². The van der Waals surface area contributed by atoms with Gasteiger partial charge in [0.05, 0.1) is 5.69 Å². The molecule has 15 heavy (non-hydrogen) atoms. The SMILES string of the molecule is Cc1ccccc1-n1nc(C)n(N)c1=O. The highest BCUT2D eigenvalue weighted by molar-refractivity contribution is 5.38. The molecule has 5 heteroatoms. The van der Waals surface area contributed by atoms with E-state index < -0.39 is 0 Å². The molecule has 0 aliphatic rings. The zero-order chi connectivity index (χ0) is 11.0. The molecular formula is C10H12N4O. The Balaban J connectivity index is 2.70. The number of nitrogens with two attached hydrogens (primary N) is 1. The molecular weight excluding hydrogens is 192 g/mol. The van der Waals surface area contributed by atoms with Crippen LogP contribution in [0, 0.1) is 13.8 Å². The summed E-state index contributed by atoms with van der Waals surface area (Å²) in [6.45, 7) is 3.61. The third-order valence-electron chi connectivity index (χ3n) is 2.32. The summed E-state index contributed by atoms with van der Waals surface area (Å²) in [5.41, 5.74) is 1.41. The molecule has 0 bridgehead atoms. The zero-order valence-electron chi connectivity index (χ0n) is 8.64. The molecule has 0 fully saturated rings. The Morgan fingerprint density at radius 3 is 2.47 bits per heavy atom. The van der Waals surface area contributed by atoms with Gasteiger partial charge in [-0.2, -0.15) is 9.36 Å². The predicted molar refractivity (Wildman–Crippen MR) is 57.4 cm³/mol. The quantitative estimate of drug-likeness (QED) is 0.682. The van der Waals surface area contributed by atoms with E-state index in [0.29, 0.717) is 5.82 Å². The van der Waals surface area contributed by atoms with Crippen molar-refractivity contribution in [1.29, 1.82) is 0 Å². The highest BCUT2D eigenvalue weighted by Gasteiger charge is 2.09. The van der Waals surface area contributed by atoms with Crippen molar-refractivity contribution in [2.24, 2.45) is 0 Å². The van der Waals surface area contributed by atoms with Crippen LogP contribution in [0.25, 0.3) is 5.69 Å². The van der Waals surface area contributed by atoms with Crippen molar-refractivity contribution < 1.29 is 0 Å². The highest BCUT2D eigenvalue weighted by Crippen LogP contribution is 2.09. The summed E-state index contributed by atoms with van der Waals surface area (Å²) in [7, 11) is 0. The monoisotopic (exact) mass is 204 g/mol. The normalized spacial score (nSPS) is 10.5. The summed E-state index contributed by atoms with van der Waals surface area (Å²) in [5, 5.41) is 4.08. The molecule has 0 atom stereocenters. The van der Waals surface area contributed by atoms with Crippen LogP contribution in [0.5, 0.6) is 0 Å². The maximum Gasteiger partial charge on any atom is 0.369 e. The molecule has 0 radical (unpaired) electrons. The van der Waals surface area contributed by atoms with E-state index in [4.69, 9.17) is 5.84 Å². The number of nitrogens with zero attached hydrogens (tertiary/aromatic N) is 3. The Bertz CT molecular complexity index is 553. The molecule has 0 unspecified atom stereocenters. The van der Waals surface area contributed by atoms with E-state index in [1.807, 2.05) is 31.2 Å². The van der Waals surface area contributed by atoms with E-state index in [2.05, 4.69) is 5.10 Å². The minimum atomic E-state index is -0.332. The smallest absolute Gasteiger partial charge is 0.333 e. The largest absolute Gasteiger partial charge is 0.369 e. The Morgan fingerprint density at radius 1 is 1.27 bits per heavy atom. The van der Waals surface area contributed by atoms with Gasteiger partial charge < -0.3 is 5.84 Å². The summed E-state index contributed by atoms with van der Waals surface area (Å²) in [5.74, 6) is 6.00. The molecule has 1 aromatic carbocycles. The molecule has 0 saturated heterocycles. The van der Waals surface area contributed by atoms with E-state index in [1.165, 1.54) is 4.68 Å². The van der Waals surface area contributed by atoms with Gasteiger partial charge >= 0.3 is 5.69 Å². The van der Waals surface area contributed by atoms with Gasteiger partial charge in [-0.3, -0.25) is 0 Å². The minimum Gasteiger partial charge on any atom is -0.333 e. The van der Waals surface area contributed by atoms with Gasteiger partial charge in [0.15, 0.2) is 5.82 Å². The first-order chi connectivity index (χ1) is 7.11. The first-order valence-electron chi connectivity index (χ1n) is 4.61. The first-order valence-corrected chi connectivity index (χ1v) is 4.61. The summed E-state index contributed by atoms with van der Waals surface area (Å²) < 4.78 is 2.34. The van der Waals surface area contributed by atoms with Crippen LogP contribution >= 0.6 is 0 Å². The van der Waals surface area contributed by atoms with Crippen LogP contribution in [-0.2, 0) is 0 Å². The van der Waals surface area contributed by atoms with E-state index in [0.717, 1.165) is 15.9 Å². The second-order valence-electron chi connectivity index (χ2n) is 3.40. The molecule has 2 rings (SSSR count). The lowest BCUT2D eigenvalue weighted by Gasteiger charge is -2.02. The second-order valence-corrected chi connectivity index (χ2v) is 3.40. The molecule has 0 amide bonds. The van der Waals surface area contributed by atoms with E-state index in [9.17, 15) is 4.79 Å². The zero-order valence-corrected chi connectivity index (χ0v) is 8.64. The lowest BCUT2D eigenvalue weighted by Crippen LogP contribution is -2.29. The van der Waals surface area contributed by atoms with Crippen molar-refractivity contribution in [3.05, 3.63) is 46.1 Å². The average Bonchev–Trinajstić information content (AvgIpc) is 2.47. The van der Waals surface area contributed by atoms with Crippen molar-refractivity contribution in [2.75, 3.05) is 5.84 Å². The Hall–Kier alpha value is -2.04. The fraction of sp³-hybridized carbons (Fsp3) is 0.200. The Labute approximate surface area is 86.7 Å². The number of rotatable bonds is 1. The lowest BCUT2D eigenvalue weighted by molar-refractivity contribution is 0.815. The lowest BCUT2D eigenvalue weighted by atomic mass is 10.2. The van der Waals surface area contributed by atoms with Crippen LogP contribution in [0.2, 0.25) is 0 Å². The molecule has 0 aliphatic carbocycles. The van der Waals surface area contributed by atoms with Gasteiger partial charge in [-0.05, 0) is 25.5 Å². The maximum absolute atomic E-state index is 11.7. The van der Waals surface area contributed by atoms with Crippen LogP contribution in [0.1, 0.15) is 11.4 Å². The average molecular weight is 204 g/mol. The fourth-order valence-electron chi connectivity index (χ4n) is 1.43. The number of nitrogen functional groups attached to an aromatic ring is 1. The third-order valence-corrected chi connectivity index (χ3v) is 2.32. The molecule has 78 valence electrons. The van der Waals surface area contributed by atoms with E-state index >= 15 is 0 Å². The predicted octanol–water partition coefficient (Wildman–Crippen LogP) is 0.365. The number of hydrogen-bond acceptors (Lipinski definition) is 3. The molecule has 1 heterocycles. The number of hydrogen-bond donors (Lipinski definition) is 1. The third kappa shape index (κ3) is 1.41. The molecule has 0 spiro atoms. The molecule has 1 aromatic heterocycles. The van der Waals surface area contributed by atoms with Gasteiger partial charge in [-0.1, -0.05) is 18.2 Å². The fourth-order valence-corrected chi connectivity index (χ4v) is 1.43. The van der Waals surface area contributed by atoms with Gasteiger partial charge in [-0.25, -0.2) is 4.79 Å². The van der Waals surface area contributed by atoms with Crippen LogP contribution < -0.4 is 11.5 Å². The molecule has 0 aliphatic heterocycles. The molecule has 2 N–H and O–H groups in total. The number of para-hydroxylation sites is 1. The summed E-state index contributed by atoms with van der Waals surface area (Å²) in [4.78, 5) is 11.7. The number of aromatic nitrogens is 3. The van der Waals surface area contributed by atoms with Crippen LogP contribution in [0.3, 0.4) is 0 Å². The van der Waals surface area contributed by atoms with Crippen molar-refractivity contribution in [3.63, 3.8) is 0 Å². The summed E-state index contributed by atoms with van der Waals surface area (Å²) in [6, 6.07) is 7.53. The maximum atomic E-state index is 11.7. The summed E-state index contributed by atoms with van der Waals surface area (Å²) in [6.07, 6.45) is 0. The molecule has 2 aromatic rings. The highest BCUT2D eigenvalue weighted by atomic mass is 16.2. The Morgan fingerprint density at radius 2 is 1.93 bits per heavy atom. The van der Waals surface area contributed by atoms with Crippen LogP contribution in [0.15, 0.2) is 29.1 Å². The van der Waals surface area contributed by atoms with Crippen molar-refractivity contribution in [1.82, 2.24) is 14.5 Å². The number of benzene rings is 1. The van der Waals surface area contributed by atoms with Crippen LogP contribution in [0.4, 0.5) is 0 Å². The second kappa shape index (κ2) is 3.27. The first kappa shape index (κ1) is 9.51. The standard InChI is InChI=1S/C10H12N4O/c1-7-5-3-4-6-9(7)14-10(15)13(11)8(2)12-14/h3-6H,11H2,1-2H3. The topological polar surface area (TPSA) is 65.8 Å². The minimum absolute atomic E-state index is 0.332. The van der Waals surface area contributed by atoms with Crippen molar-refractivity contribution in [3.8, 4) is 5.69 Å². The van der Waals surface area contributed by atoms with Gasteiger partial charge in [-0.15, -0.1) is 5.10 Å². The summed E-state index contributed by atoms with van der Waals surface area (Å²) >= 11 is 0.